The van der Waals surface area contributed by atoms with Crippen LogP contribution in [0.15, 0.2) is 200 Å². The predicted molar refractivity (Wildman–Crippen MR) is 245 cm³/mol. The first-order valence-corrected chi connectivity index (χ1v) is 20.8. The number of para-hydroxylation sites is 1. The van der Waals surface area contributed by atoms with Gasteiger partial charge in [0.15, 0.2) is 0 Å². The third-order valence-electron chi connectivity index (χ3n) is 11.2. The van der Waals surface area contributed by atoms with E-state index in [1.165, 1.54) is 95.7 Å². The largest absolute Gasteiger partial charge is 0.336 e. The summed E-state index contributed by atoms with van der Waals surface area (Å²) in [5, 5.41) is 7.79. The molecule has 3 heteroatoms. The van der Waals surface area contributed by atoms with Crippen LogP contribution in [0.4, 0.5) is 11.4 Å². The molecule has 0 aliphatic carbocycles. The average molecular weight is 750 g/mol. The number of thiophene rings is 2. The minimum absolute atomic E-state index is 0.686. The molecule has 0 aliphatic heterocycles. The maximum Gasteiger partial charge on any atom is 0.0493 e. The normalized spacial score (nSPS) is 11.6. The van der Waals surface area contributed by atoms with Crippen LogP contribution in [0, 0.1) is 0 Å². The molecule has 11 rings (SSSR count). The lowest BCUT2D eigenvalue weighted by atomic mass is 9.93. The summed E-state index contributed by atoms with van der Waals surface area (Å²) < 4.78 is 5.28. The quantitative estimate of drug-likeness (QED) is 0.157. The fourth-order valence-electron chi connectivity index (χ4n) is 8.66. The zero-order valence-corrected chi connectivity index (χ0v) is 32.2. The van der Waals surface area contributed by atoms with Crippen molar-refractivity contribution in [2.75, 3.05) is 4.90 Å². The highest BCUT2D eigenvalue weighted by molar-refractivity contribution is 7.26. The molecule has 0 fully saturated rings. The smallest absolute Gasteiger partial charge is 0.0493 e. The average Bonchev–Trinajstić information content (AvgIpc) is 3.84. The summed E-state index contributed by atoms with van der Waals surface area (Å²) >= 11 is 3.75. The van der Waals surface area contributed by atoms with E-state index in [4.69, 9.17) is 0 Å². The van der Waals surface area contributed by atoms with E-state index in [1.807, 2.05) is 22.7 Å². The molecule has 0 unspecified atom stereocenters. The van der Waals surface area contributed by atoms with Crippen LogP contribution >= 0.6 is 22.7 Å². The Balaban J connectivity index is 1.13. The minimum atomic E-state index is 0.686. The Bertz CT molecular complexity index is 3250. The summed E-state index contributed by atoms with van der Waals surface area (Å²) in [7, 11) is 0. The Kier molecular flexibility index (Phi) is 8.01. The highest BCUT2D eigenvalue weighted by atomic mass is 32.1. The molecule has 2 heterocycles. The number of hydrogen-bond acceptors (Lipinski definition) is 3. The molecular formula is C53H35NS2. The first kappa shape index (κ1) is 32.9. The Morgan fingerprint density at radius 3 is 1.66 bits per heavy atom. The van der Waals surface area contributed by atoms with Gasteiger partial charge in [-0.2, -0.15) is 0 Å². The summed E-state index contributed by atoms with van der Waals surface area (Å²) in [6.45, 7) is 0.686. The van der Waals surface area contributed by atoms with Gasteiger partial charge in [-0.05, 0) is 86.6 Å². The van der Waals surface area contributed by atoms with Crippen molar-refractivity contribution in [1.29, 1.82) is 0 Å². The predicted octanol–water partition coefficient (Wildman–Crippen LogP) is 15.9. The molecule has 56 heavy (non-hydrogen) atoms. The number of hydrogen-bond donors (Lipinski definition) is 0. The van der Waals surface area contributed by atoms with E-state index in [0.29, 0.717) is 6.54 Å². The van der Waals surface area contributed by atoms with Gasteiger partial charge in [-0.15, -0.1) is 22.7 Å². The van der Waals surface area contributed by atoms with Crippen molar-refractivity contribution in [3.05, 3.63) is 206 Å². The Morgan fingerprint density at radius 2 is 0.875 bits per heavy atom. The lowest BCUT2D eigenvalue weighted by Gasteiger charge is -2.29. The number of rotatable bonds is 7. The zero-order valence-electron chi connectivity index (χ0n) is 30.5. The molecule has 0 amide bonds. The van der Waals surface area contributed by atoms with Crippen LogP contribution < -0.4 is 4.90 Å². The Hall–Kier alpha value is -6.52. The molecule has 1 nitrogen and oxygen atoms in total. The van der Waals surface area contributed by atoms with Crippen molar-refractivity contribution >= 4 is 85.2 Å². The maximum absolute atomic E-state index is 2.54. The van der Waals surface area contributed by atoms with Crippen molar-refractivity contribution < 1.29 is 0 Å². The number of benzene rings is 9. The van der Waals surface area contributed by atoms with E-state index in [9.17, 15) is 0 Å². The van der Waals surface area contributed by atoms with E-state index in [2.05, 4.69) is 205 Å². The van der Waals surface area contributed by atoms with Crippen molar-refractivity contribution in [3.63, 3.8) is 0 Å². The van der Waals surface area contributed by atoms with E-state index < -0.39 is 0 Å². The van der Waals surface area contributed by atoms with Gasteiger partial charge in [0.25, 0.3) is 0 Å². The topological polar surface area (TPSA) is 3.24 Å². The number of fused-ring (bicyclic) bond motifs is 7. The maximum atomic E-state index is 2.54. The van der Waals surface area contributed by atoms with Gasteiger partial charge in [0.05, 0.1) is 0 Å². The molecule has 0 saturated heterocycles. The van der Waals surface area contributed by atoms with Gasteiger partial charge in [0.1, 0.15) is 0 Å². The van der Waals surface area contributed by atoms with Crippen molar-refractivity contribution in [2.45, 2.75) is 6.54 Å². The molecule has 0 atom stereocenters. The van der Waals surface area contributed by atoms with Gasteiger partial charge < -0.3 is 4.90 Å². The molecule has 0 N–H and O–H groups in total. The summed E-state index contributed by atoms with van der Waals surface area (Å²) in [5.41, 5.74) is 11.1. The molecule has 0 bridgehead atoms. The molecule has 11 aromatic rings. The summed E-state index contributed by atoms with van der Waals surface area (Å²) in [4.78, 5) is 2.54. The Morgan fingerprint density at radius 1 is 0.357 bits per heavy atom. The highest BCUT2D eigenvalue weighted by Gasteiger charge is 2.21. The summed E-state index contributed by atoms with van der Waals surface area (Å²) in [6, 6.07) is 73.7. The Labute approximate surface area is 334 Å². The van der Waals surface area contributed by atoms with Gasteiger partial charge in [-0.3, -0.25) is 0 Å². The molecule has 264 valence electrons. The van der Waals surface area contributed by atoms with Crippen LogP contribution in [0.2, 0.25) is 0 Å². The SMILES string of the molecule is c1cc(-c2cccc3sc4ccccc4c23)cc(N(Cc2ccccc2-c2cccc3sc4ccccc4c23)c2ccccc2-c2cccc3ccccc23)c1. The fourth-order valence-corrected chi connectivity index (χ4v) is 10.9. The van der Waals surface area contributed by atoms with Gasteiger partial charge in [0.2, 0.25) is 0 Å². The van der Waals surface area contributed by atoms with Crippen LogP contribution in [0.3, 0.4) is 0 Å². The summed E-state index contributed by atoms with van der Waals surface area (Å²) in [6.07, 6.45) is 0. The minimum Gasteiger partial charge on any atom is -0.336 e. The summed E-state index contributed by atoms with van der Waals surface area (Å²) in [5.74, 6) is 0. The standard InChI is InChI=1S/C53H35NS2/c1-3-20-39-35(15-1)17-12-26-42(39)43-22-5-8-28-47(43)54(38-19-11-18-36(33-38)41-25-13-31-50-52(41)45-23-6-9-29-48(45)55-50)34-37-16-2-4-21-40(37)44-27-14-32-51-53(44)46-24-7-10-30-49(46)56-51/h1-33H,34H2. The lowest BCUT2D eigenvalue weighted by molar-refractivity contribution is 0.979. The molecular weight excluding hydrogens is 715 g/mol. The van der Waals surface area contributed by atoms with Gasteiger partial charge in [-0.1, -0.05) is 158 Å². The fraction of sp³-hybridized carbons (Fsp3) is 0.0189. The van der Waals surface area contributed by atoms with Gasteiger partial charge >= 0.3 is 0 Å². The second-order valence-corrected chi connectivity index (χ2v) is 16.6. The van der Waals surface area contributed by atoms with E-state index in [0.717, 1.165) is 5.69 Å². The monoisotopic (exact) mass is 749 g/mol. The molecule has 0 saturated carbocycles. The third-order valence-corrected chi connectivity index (χ3v) is 13.5. The second-order valence-electron chi connectivity index (χ2n) is 14.4. The van der Waals surface area contributed by atoms with Crippen LogP contribution in [0.1, 0.15) is 5.56 Å². The van der Waals surface area contributed by atoms with E-state index >= 15 is 0 Å². The van der Waals surface area contributed by atoms with Crippen LogP contribution in [0.25, 0.3) is 84.5 Å². The molecule has 2 aromatic heterocycles. The van der Waals surface area contributed by atoms with Crippen LogP contribution in [0.5, 0.6) is 0 Å². The molecule has 0 spiro atoms. The molecule has 0 radical (unpaired) electrons. The van der Waals surface area contributed by atoms with Crippen molar-refractivity contribution in [1.82, 2.24) is 0 Å². The molecule has 9 aromatic carbocycles. The van der Waals surface area contributed by atoms with Crippen molar-refractivity contribution in [2.24, 2.45) is 0 Å². The number of nitrogens with zero attached hydrogens (tertiary/aromatic N) is 1. The van der Waals surface area contributed by atoms with Crippen LogP contribution in [-0.4, -0.2) is 0 Å². The second kappa shape index (κ2) is 13.6. The van der Waals surface area contributed by atoms with E-state index in [-0.39, 0.29) is 0 Å². The number of anilines is 2. The van der Waals surface area contributed by atoms with Crippen molar-refractivity contribution in [3.8, 4) is 33.4 Å². The van der Waals surface area contributed by atoms with E-state index in [1.54, 1.807) is 0 Å². The zero-order chi connectivity index (χ0) is 37.0. The molecule has 0 aliphatic rings. The highest BCUT2D eigenvalue weighted by Crippen LogP contribution is 2.45. The first-order chi connectivity index (χ1) is 27.8. The van der Waals surface area contributed by atoms with Gasteiger partial charge in [-0.25, -0.2) is 0 Å². The van der Waals surface area contributed by atoms with Crippen LogP contribution in [-0.2, 0) is 6.54 Å². The third kappa shape index (κ3) is 5.51. The van der Waals surface area contributed by atoms with Gasteiger partial charge in [0, 0.05) is 63.8 Å². The first-order valence-electron chi connectivity index (χ1n) is 19.1. The lowest BCUT2D eigenvalue weighted by Crippen LogP contribution is -2.18.